The number of carbonyl (C=O) groups is 1. The highest BCUT2D eigenvalue weighted by Crippen LogP contribution is 2.30. The van der Waals surface area contributed by atoms with E-state index in [9.17, 15) is 13.2 Å². The third-order valence-electron chi connectivity index (χ3n) is 5.69. The fourth-order valence-electron chi connectivity index (χ4n) is 3.92. The molecule has 11 heteroatoms. The number of hydrogen-bond donors (Lipinski definition) is 1. The quantitative estimate of drug-likeness (QED) is 0.679. The summed E-state index contributed by atoms with van der Waals surface area (Å²) >= 11 is 11.9. The highest BCUT2D eigenvalue weighted by Gasteiger charge is 2.33. The molecule has 32 heavy (non-hydrogen) atoms. The predicted molar refractivity (Wildman–Crippen MR) is 124 cm³/mol. The number of amides is 1. The molecule has 0 spiro atoms. The van der Waals surface area contributed by atoms with Crippen molar-refractivity contribution in [3.8, 4) is 0 Å². The molecule has 0 saturated carbocycles. The van der Waals surface area contributed by atoms with Crippen LogP contribution in [-0.2, 0) is 19.6 Å². The molecule has 0 aliphatic carbocycles. The Balaban J connectivity index is 1.43. The highest BCUT2D eigenvalue weighted by atomic mass is 35.5. The number of anilines is 2. The lowest BCUT2D eigenvalue weighted by molar-refractivity contribution is -0.120. The van der Waals surface area contributed by atoms with Gasteiger partial charge in [-0.05, 0) is 43.2 Å². The molecule has 8 nitrogen and oxygen atoms in total. The van der Waals surface area contributed by atoms with Gasteiger partial charge in [-0.15, -0.1) is 0 Å². The summed E-state index contributed by atoms with van der Waals surface area (Å²) < 4.78 is 33.1. The molecule has 0 bridgehead atoms. The Morgan fingerprint density at radius 1 is 1.06 bits per heavy atom. The average Bonchev–Trinajstić information content (AvgIpc) is 2.82. The van der Waals surface area contributed by atoms with Crippen molar-refractivity contribution < 1.29 is 17.9 Å². The molecule has 0 unspecified atom stereocenters. The number of morpholine rings is 1. The first-order chi connectivity index (χ1) is 15.4. The number of halogens is 2. The largest absolute Gasteiger partial charge is 0.379 e. The molecule has 1 aromatic carbocycles. The van der Waals surface area contributed by atoms with Crippen molar-refractivity contribution in [2.45, 2.75) is 17.7 Å². The fraction of sp³-hybridized carbons (Fsp3) is 0.429. The van der Waals surface area contributed by atoms with E-state index >= 15 is 0 Å². The summed E-state index contributed by atoms with van der Waals surface area (Å²) in [7, 11) is -3.67. The number of pyridine rings is 1. The van der Waals surface area contributed by atoms with Crippen molar-refractivity contribution in [3.05, 3.63) is 46.6 Å². The van der Waals surface area contributed by atoms with Gasteiger partial charge in [0.2, 0.25) is 15.9 Å². The Kier molecular flexibility index (Phi) is 7.21. The lowest BCUT2D eigenvalue weighted by atomic mass is 9.95. The van der Waals surface area contributed by atoms with E-state index in [-0.39, 0.29) is 16.7 Å². The molecule has 2 aromatic rings. The van der Waals surface area contributed by atoms with E-state index in [1.165, 1.54) is 4.31 Å². The van der Waals surface area contributed by atoms with Gasteiger partial charge in [0, 0.05) is 44.0 Å². The minimum Gasteiger partial charge on any atom is -0.379 e. The number of rotatable bonds is 5. The molecule has 2 aliphatic heterocycles. The molecule has 0 radical (unpaired) electrons. The zero-order chi connectivity index (χ0) is 22.7. The molecule has 2 aliphatic rings. The first kappa shape index (κ1) is 23.3. The predicted octanol–water partition coefficient (Wildman–Crippen LogP) is 3.26. The normalized spacial score (nSPS) is 18.5. The molecule has 3 heterocycles. The topological polar surface area (TPSA) is 91.8 Å². The minimum absolute atomic E-state index is 0.0924. The van der Waals surface area contributed by atoms with Crippen molar-refractivity contribution in [2.75, 3.05) is 49.6 Å². The first-order valence-corrected chi connectivity index (χ1v) is 12.6. The fourth-order valence-corrected chi connectivity index (χ4v) is 5.79. The summed E-state index contributed by atoms with van der Waals surface area (Å²) in [6.45, 7) is 2.48. The summed E-state index contributed by atoms with van der Waals surface area (Å²) in [6.07, 6.45) is 2.76. The number of ether oxygens (including phenoxy) is 1. The van der Waals surface area contributed by atoms with Crippen LogP contribution in [0.15, 0.2) is 41.4 Å². The second-order valence-corrected chi connectivity index (χ2v) is 10.4. The van der Waals surface area contributed by atoms with E-state index in [4.69, 9.17) is 27.9 Å². The van der Waals surface area contributed by atoms with Crippen LogP contribution in [-0.4, -0.2) is 63.0 Å². The van der Waals surface area contributed by atoms with Crippen molar-refractivity contribution in [2.24, 2.45) is 5.92 Å². The second kappa shape index (κ2) is 9.93. The Labute approximate surface area is 197 Å². The standard InChI is InChI=1S/C21H24Cl2N4O4S/c22-17-4-3-16(14-18(17)23)25-21(28)15-5-8-26(9-6-15)20-19(2-1-7-24-20)32(29,30)27-10-12-31-13-11-27/h1-4,7,14-15H,5-6,8-13H2,(H,25,28). The summed E-state index contributed by atoms with van der Waals surface area (Å²) in [6, 6.07) is 8.19. The third kappa shape index (κ3) is 5.02. The van der Waals surface area contributed by atoms with Gasteiger partial charge in [-0.1, -0.05) is 23.2 Å². The van der Waals surface area contributed by atoms with Gasteiger partial charge in [-0.2, -0.15) is 4.31 Å². The van der Waals surface area contributed by atoms with Crippen LogP contribution < -0.4 is 10.2 Å². The molecule has 1 N–H and O–H groups in total. The van der Waals surface area contributed by atoms with Gasteiger partial charge in [0.25, 0.3) is 0 Å². The van der Waals surface area contributed by atoms with Crippen molar-refractivity contribution in [1.29, 1.82) is 0 Å². The zero-order valence-electron chi connectivity index (χ0n) is 17.3. The first-order valence-electron chi connectivity index (χ1n) is 10.4. The van der Waals surface area contributed by atoms with Gasteiger partial charge >= 0.3 is 0 Å². The van der Waals surface area contributed by atoms with Crippen LogP contribution in [0.4, 0.5) is 11.5 Å². The van der Waals surface area contributed by atoms with Crippen LogP contribution in [0, 0.1) is 5.92 Å². The van der Waals surface area contributed by atoms with Crippen molar-refractivity contribution >= 4 is 50.6 Å². The molecule has 172 valence electrons. The Bertz CT molecular complexity index is 1080. The van der Waals surface area contributed by atoms with Gasteiger partial charge in [0.05, 0.1) is 23.3 Å². The second-order valence-electron chi connectivity index (χ2n) is 7.72. The van der Waals surface area contributed by atoms with E-state index in [1.54, 1.807) is 36.5 Å². The monoisotopic (exact) mass is 498 g/mol. The van der Waals surface area contributed by atoms with Crippen LogP contribution in [0.3, 0.4) is 0 Å². The molecular formula is C21H24Cl2N4O4S. The summed E-state index contributed by atoms with van der Waals surface area (Å²) in [5.41, 5.74) is 0.593. The maximum atomic E-state index is 13.2. The van der Waals surface area contributed by atoms with Gasteiger partial charge < -0.3 is 15.0 Å². The number of hydrogen-bond acceptors (Lipinski definition) is 6. The van der Waals surface area contributed by atoms with Crippen molar-refractivity contribution in [3.63, 3.8) is 0 Å². The summed E-state index contributed by atoms with van der Waals surface area (Å²) in [4.78, 5) is 19.2. The number of nitrogens with zero attached hydrogens (tertiary/aromatic N) is 3. The maximum absolute atomic E-state index is 13.2. The van der Waals surface area contributed by atoms with Gasteiger partial charge in [0.1, 0.15) is 10.7 Å². The number of sulfonamides is 1. The molecule has 4 rings (SSSR count). The van der Waals surface area contributed by atoms with Crippen LogP contribution in [0.25, 0.3) is 0 Å². The third-order valence-corrected chi connectivity index (χ3v) is 8.35. The lowest BCUT2D eigenvalue weighted by Gasteiger charge is -2.34. The van der Waals surface area contributed by atoms with E-state index in [1.807, 2.05) is 4.90 Å². The number of carbonyl (C=O) groups excluding carboxylic acids is 1. The smallest absolute Gasteiger partial charge is 0.246 e. The van der Waals surface area contributed by atoms with Crippen LogP contribution in [0.1, 0.15) is 12.8 Å². The van der Waals surface area contributed by atoms with E-state index in [2.05, 4.69) is 10.3 Å². The Morgan fingerprint density at radius 3 is 2.47 bits per heavy atom. The van der Waals surface area contributed by atoms with Gasteiger partial charge in [0.15, 0.2) is 0 Å². The number of benzene rings is 1. The van der Waals surface area contributed by atoms with Gasteiger partial charge in [-0.3, -0.25) is 4.79 Å². The molecular weight excluding hydrogens is 475 g/mol. The molecule has 2 fully saturated rings. The van der Waals surface area contributed by atoms with Crippen LogP contribution >= 0.6 is 23.2 Å². The average molecular weight is 499 g/mol. The van der Waals surface area contributed by atoms with Crippen LogP contribution in [0.2, 0.25) is 10.0 Å². The molecule has 2 saturated heterocycles. The van der Waals surface area contributed by atoms with E-state index in [0.717, 1.165) is 0 Å². The van der Waals surface area contributed by atoms with E-state index in [0.29, 0.717) is 73.8 Å². The molecule has 1 amide bonds. The van der Waals surface area contributed by atoms with Crippen molar-refractivity contribution in [1.82, 2.24) is 9.29 Å². The Morgan fingerprint density at radius 2 is 1.78 bits per heavy atom. The number of piperidine rings is 1. The molecule has 1 aromatic heterocycles. The number of nitrogens with one attached hydrogen (secondary N) is 1. The number of aromatic nitrogens is 1. The lowest BCUT2D eigenvalue weighted by Crippen LogP contribution is -2.42. The summed E-state index contributed by atoms with van der Waals surface area (Å²) in [5, 5.41) is 3.69. The Hall–Kier alpha value is -1.91. The summed E-state index contributed by atoms with van der Waals surface area (Å²) in [5.74, 6) is 0.149. The SMILES string of the molecule is O=C(Nc1ccc(Cl)c(Cl)c1)C1CCN(c2ncccc2S(=O)(=O)N2CCOCC2)CC1. The maximum Gasteiger partial charge on any atom is 0.246 e. The highest BCUT2D eigenvalue weighted by molar-refractivity contribution is 7.89. The zero-order valence-corrected chi connectivity index (χ0v) is 19.7. The van der Waals surface area contributed by atoms with Gasteiger partial charge in [-0.25, -0.2) is 13.4 Å². The minimum atomic E-state index is -3.67. The van der Waals surface area contributed by atoms with Crippen LogP contribution in [0.5, 0.6) is 0 Å². The van der Waals surface area contributed by atoms with E-state index < -0.39 is 10.0 Å². The molecule has 0 atom stereocenters.